The summed E-state index contributed by atoms with van der Waals surface area (Å²) >= 11 is 9.09. The molecule has 1 saturated heterocycles. The van der Waals surface area contributed by atoms with Gasteiger partial charge < -0.3 is 0 Å². The zero-order valence-electron chi connectivity index (χ0n) is 22.8. The van der Waals surface area contributed by atoms with Gasteiger partial charge >= 0.3 is 241 Å². The molecule has 1 radical (unpaired) electrons. The molecule has 0 spiro atoms. The van der Waals surface area contributed by atoms with Gasteiger partial charge in [-0.15, -0.1) is 0 Å². The Kier molecular flexibility index (Phi) is 8.25. The molecule has 0 aromatic heterocycles. The second kappa shape index (κ2) is 11.0. The molecule has 4 rings (SSSR count). The molecule has 0 unspecified atom stereocenters. The van der Waals surface area contributed by atoms with Gasteiger partial charge in [0.2, 0.25) is 0 Å². The molecular formula is C31H34ClN2O2SeSi. The SMILES string of the molecule is C=C=C(c1cccc2ccccc12)[C@@H]1[C@@H]([C@@H](C)O[Si](C)(C)C(C)(C)C)C(=O)N1C([Se])=Nc1ccc(Cl)cc1. The van der Waals surface area contributed by atoms with E-state index in [2.05, 4.69) is 86.5 Å². The van der Waals surface area contributed by atoms with E-state index in [1.165, 1.54) is 0 Å². The summed E-state index contributed by atoms with van der Waals surface area (Å²) in [6.07, 6.45) is -0.286. The van der Waals surface area contributed by atoms with Crippen LogP contribution in [-0.2, 0) is 9.22 Å². The summed E-state index contributed by atoms with van der Waals surface area (Å²) in [6.45, 7) is 17.2. The van der Waals surface area contributed by atoms with E-state index >= 15 is 0 Å². The van der Waals surface area contributed by atoms with Crippen LogP contribution in [0.1, 0.15) is 33.3 Å². The molecule has 197 valence electrons. The van der Waals surface area contributed by atoms with Crippen LogP contribution >= 0.6 is 11.6 Å². The molecule has 38 heavy (non-hydrogen) atoms. The Bertz CT molecular complexity index is 1430. The molecule has 0 N–H and O–H groups in total. The zero-order chi connectivity index (χ0) is 27.8. The first-order valence-electron chi connectivity index (χ1n) is 12.8. The van der Waals surface area contributed by atoms with E-state index < -0.39 is 14.2 Å². The number of amidine groups is 1. The molecule has 1 aliphatic rings. The fraction of sp³-hybridized carbons (Fsp3) is 0.323. The van der Waals surface area contributed by atoms with Gasteiger partial charge in [-0.3, -0.25) is 0 Å². The van der Waals surface area contributed by atoms with E-state index in [-0.39, 0.29) is 23.1 Å². The number of benzene rings is 3. The van der Waals surface area contributed by atoms with Crippen molar-refractivity contribution in [3.63, 3.8) is 0 Å². The van der Waals surface area contributed by atoms with Crippen LogP contribution in [0.4, 0.5) is 5.69 Å². The van der Waals surface area contributed by atoms with Crippen molar-refractivity contribution >= 4 is 68.6 Å². The number of β-lactam (4-membered cyclic amide) rings is 1. The van der Waals surface area contributed by atoms with Crippen molar-refractivity contribution in [3.8, 4) is 0 Å². The standard InChI is InChI=1S/C31H34ClN2O2SeSi/c1-8-24(26-15-11-13-21-12-9-10-14-25(21)26)28-27(20(2)36-38(6,7)31(3,4)5)29(35)34(28)30(37)33-23-18-16-22(32)17-19-23/h9-20,27-28H,1H2,2-7H3/t20-,27-,28-/m1/s1. The van der Waals surface area contributed by atoms with Crippen molar-refractivity contribution in [2.75, 3.05) is 0 Å². The minimum atomic E-state index is -2.12. The van der Waals surface area contributed by atoms with Crippen molar-refractivity contribution in [2.45, 2.75) is 58.0 Å². The van der Waals surface area contributed by atoms with Crippen LogP contribution in [0.5, 0.6) is 0 Å². The first-order chi connectivity index (χ1) is 17.9. The van der Waals surface area contributed by atoms with Crippen LogP contribution in [-0.4, -0.2) is 52.0 Å². The predicted octanol–water partition coefficient (Wildman–Crippen LogP) is 7.76. The molecule has 3 atom stereocenters. The van der Waals surface area contributed by atoms with Crippen molar-refractivity contribution in [2.24, 2.45) is 10.9 Å². The van der Waals surface area contributed by atoms with Gasteiger partial charge in [0.25, 0.3) is 0 Å². The molecule has 0 bridgehead atoms. The number of fused-ring (bicyclic) bond motifs is 1. The summed E-state index contributed by atoms with van der Waals surface area (Å²) in [5, 5.41) is 2.87. The summed E-state index contributed by atoms with van der Waals surface area (Å²) in [7, 11) is -2.12. The van der Waals surface area contributed by atoms with Gasteiger partial charge in [-0.05, 0) is 0 Å². The van der Waals surface area contributed by atoms with E-state index in [9.17, 15) is 4.79 Å². The zero-order valence-corrected chi connectivity index (χ0v) is 26.3. The van der Waals surface area contributed by atoms with Gasteiger partial charge in [0.05, 0.1) is 0 Å². The number of aliphatic imine (C=N–C) groups is 1. The van der Waals surface area contributed by atoms with Gasteiger partial charge in [-0.1, -0.05) is 0 Å². The van der Waals surface area contributed by atoms with Gasteiger partial charge in [-0.25, -0.2) is 0 Å². The molecule has 3 aromatic rings. The number of hydrogen-bond acceptors (Lipinski definition) is 3. The Morgan fingerprint density at radius 1 is 1.11 bits per heavy atom. The Balaban J connectivity index is 1.79. The van der Waals surface area contributed by atoms with Crippen molar-refractivity contribution in [1.29, 1.82) is 0 Å². The van der Waals surface area contributed by atoms with E-state index in [1.54, 1.807) is 17.0 Å². The molecular weight excluding hydrogens is 575 g/mol. The summed E-state index contributed by atoms with van der Waals surface area (Å²) in [5.41, 5.74) is 5.78. The average molecular weight is 609 g/mol. The van der Waals surface area contributed by atoms with Crippen LogP contribution in [0, 0.1) is 5.92 Å². The Morgan fingerprint density at radius 2 is 1.74 bits per heavy atom. The van der Waals surface area contributed by atoms with Crippen LogP contribution in [0.15, 0.2) is 84.0 Å². The third-order valence-electron chi connectivity index (χ3n) is 7.76. The topological polar surface area (TPSA) is 41.9 Å². The molecule has 0 aliphatic carbocycles. The molecule has 1 amide bonds. The number of rotatable bonds is 6. The van der Waals surface area contributed by atoms with Gasteiger partial charge in [0.15, 0.2) is 0 Å². The van der Waals surface area contributed by atoms with Crippen molar-refractivity contribution in [1.82, 2.24) is 4.90 Å². The van der Waals surface area contributed by atoms with E-state index in [0.29, 0.717) is 15.4 Å². The first kappa shape index (κ1) is 28.6. The number of carbonyl (C=O) groups is 1. The number of halogens is 1. The Morgan fingerprint density at radius 3 is 2.37 bits per heavy atom. The number of likely N-dealkylation sites (tertiary alicyclic amines) is 1. The van der Waals surface area contributed by atoms with Gasteiger partial charge in [0, 0.05) is 0 Å². The Hall–Kier alpha value is -2.43. The fourth-order valence-corrected chi connectivity index (χ4v) is 6.91. The number of nitrogens with zero attached hydrogens (tertiary/aromatic N) is 2. The minimum absolute atomic E-state index is 0.0235. The molecule has 1 fully saturated rings. The van der Waals surface area contributed by atoms with E-state index in [0.717, 1.165) is 21.9 Å². The van der Waals surface area contributed by atoms with Crippen LogP contribution in [0.25, 0.3) is 16.3 Å². The molecule has 1 aliphatic heterocycles. The third kappa shape index (κ3) is 5.48. The Labute approximate surface area is 240 Å². The van der Waals surface area contributed by atoms with E-state index in [1.807, 2.05) is 37.3 Å². The van der Waals surface area contributed by atoms with Crippen molar-refractivity contribution < 1.29 is 9.22 Å². The summed E-state index contributed by atoms with van der Waals surface area (Å²) in [4.78, 5) is 20.3. The molecule has 4 nitrogen and oxygen atoms in total. The predicted molar refractivity (Wildman–Crippen MR) is 163 cm³/mol. The number of amides is 1. The van der Waals surface area contributed by atoms with E-state index in [4.69, 9.17) is 21.0 Å². The average Bonchev–Trinajstić information content (AvgIpc) is 2.84. The number of carbonyl (C=O) groups excluding carboxylic acids is 1. The fourth-order valence-electron chi connectivity index (χ4n) is 4.70. The maximum atomic E-state index is 13.8. The third-order valence-corrected chi connectivity index (χ3v) is 13.2. The van der Waals surface area contributed by atoms with Crippen LogP contribution in [0.2, 0.25) is 23.2 Å². The van der Waals surface area contributed by atoms with Crippen LogP contribution in [0.3, 0.4) is 0 Å². The second-order valence-electron chi connectivity index (χ2n) is 11.3. The quantitative estimate of drug-likeness (QED) is 0.0944. The number of hydrogen-bond donors (Lipinski definition) is 0. The van der Waals surface area contributed by atoms with Crippen molar-refractivity contribution in [3.05, 3.63) is 89.6 Å². The van der Waals surface area contributed by atoms with Gasteiger partial charge in [0.1, 0.15) is 0 Å². The molecule has 3 aromatic carbocycles. The normalized spacial score (nSPS) is 19.2. The molecule has 1 heterocycles. The monoisotopic (exact) mass is 609 g/mol. The second-order valence-corrected chi connectivity index (χ2v) is 17.2. The summed E-state index contributed by atoms with van der Waals surface area (Å²) < 4.78 is 7.24. The maximum absolute atomic E-state index is 13.8. The van der Waals surface area contributed by atoms with Crippen LogP contribution < -0.4 is 0 Å². The first-order valence-corrected chi connectivity index (χ1v) is 16.9. The summed E-state index contributed by atoms with van der Waals surface area (Å²) in [5.74, 6) is -0.420. The van der Waals surface area contributed by atoms with Gasteiger partial charge in [-0.2, -0.15) is 0 Å². The molecule has 0 saturated carbocycles. The molecule has 7 heteroatoms. The summed E-state index contributed by atoms with van der Waals surface area (Å²) in [6, 6.07) is 21.3.